The van der Waals surface area contributed by atoms with Gasteiger partial charge in [0.05, 0.1) is 5.02 Å². The summed E-state index contributed by atoms with van der Waals surface area (Å²) in [6, 6.07) is 4.41. The van der Waals surface area contributed by atoms with Crippen LogP contribution in [0.2, 0.25) is 5.02 Å². The monoisotopic (exact) mass is 286 g/mol. The molecule has 72 valence electrons. The lowest BCUT2D eigenvalue weighted by molar-refractivity contribution is 0.283. The summed E-state index contributed by atoms with van der Waals surface area (Å²) in [5, 5.41) is 0.137. The summed E-state index contributed by atoms with van der Waals surface area (Å²) in [5.74, 6) is -0.0433. The zero-order valence-corrected chi connectivity index (χ0v) is 9.38. The number of phosphoric acid groups is 1. The van der Waals surface area contributed by atoms with Crippen molar-refractivity contribution in [2.75, 3.05) is 0 Å². The maximum atomic E-state index is 10.4. The Morgan fingerprint density at radius 1 is 1.46 bits per heavy atom. The largest absolute Gasteiger partial charge is 0.524 e. The normalized spacial score (nSPS) is 11.4. The molecule has 7 heteroatoms. The fraction of sp³-hybridized carbons (Fsp3) is 0. The molecule has 0 amide bonds. The molecular weight excluding hydrogens is 282 g/mol. The summed E-state index contributed by atoms with van der Waals surface area (Å²) < 4.78 is 15.4. The average molecular weight is 287 g/mol. The number of hydrogen-bond donors (Lipinski definition) is 2. The Morgan fingerprint density at radius 3 is 2.54 bits per heavy atom. The van der Waals surface area contributed by atoms with Gasteiger partial charge in [-0.3, -0.25) is 9.79 Å². The lowest BCUT2D eigenvalue weighted by Crippen LogP contribution is -1.90. The van der Waals surface area contributed by atoms with Gasteiger partial charge < -0.3 is 4.52 Å². The first-order chi connectivity index (χ1) is 5.88. The van der Waals surface area contributed by atoms with Crippen LogP contribution in [-0.2, 0) is 4.57 Å². The van der Waals surface area contributed by atoms with Gasteiger partial charge in [-0.15, -0.1) is 0 Å². The highest BCUT2D eigenvalue weighted by Crippen LogP contribution is 2.41. The smallest absolute Gasteiger partial charge is 0.403 e. The minimum Gasteiger partial charge on any atom is -0.403 e. The molecule has 1 aromatic carbocycles. The Morgan fingerprint density at radius 2 is 2.08 bits per heavy atom. The molecule has 0 fully saturated rings. The number of benzene rings is 1. The lowest BCUT2D eigenvalue weighted by Gasteiger charge is -2.07. The van der Waals surface area contributed by atoms with Crippen LogP contribution in [0.5, 0.6) is 5.75 Å². The maximum Gasteiger partial charge on any atom is 0.524 e. The summed E-state index contributed by atoms with van der Waals surface area (Å²) in [4.78, 5) is 17.0. The predicted molar refractivity (Wildman–Crippen MR) is 51.8 cm³/mol. The summed E-state index contributed by atoms with van der Waals surface area (Å²) >= 11 is 8.78. The van der Waals surface area contributed by atoms with Gasteiger partial charge >= 0.3 is 7.82 Å². The first-order valence-corrected chi connectivity index (χ1v) is 5.79. The molecular formula is C6H5BrClO4P. The number of halogens is 2. The van der Waals surface area contributed by atoms with Crippen molar-refractivity contribution >= 4 is 35.4 Å². The molecule has 0 saturated carbocycles. The second-order valence-electron chi connectivity index (χ2n) is 2.16. The molecule has 0 bridgehead atoms. The van der Waals surface area contributed by atoms with Crippen molar-refractivity contribution in [3.8, 4) is 5.75 Å². The van der Waals surface area contributed by atoms with Crippen LogP contribution in [0, 0.1) is 0 Å². The van der Waals surface area contributed by atoms with Gasteiger partial charge in [-0.2, -0.15) is 0 Å². The zero-order valence-electron chi connectivity index (χ0n) is 6.15. The first-order valence-electron chi connectivity index (χ1n) is 3.09. The van der Waals surface area contributed by atoms with E-state index < -0.39 is 7.82 Å². The molecule has 2 N–H and O–H groups in total. The second-order valence-corrected chi connectivity index (χ2v) is 4.64. The van der Waals surface area contributed by atoms with E-state index in [2.05, 4.69) is 20.5 Å². The van der Waals surface area contributed by atoms with E-state index in [1.54, 1.807) is 6.07 Å². The molecule has 0 spiro atoms. The van der Waals surface area contributed by atoms with Crippen molar-refractivity contribution < 1.29 is 18.9 Å². The van der Waals surface area contributed by atoms with E-state index in [-0.39, 0.29) is 10.8 Å². The van der Waals surface area contributed by atoms with Crippen LogP contribution in [0.4, 0.5) is 0 Å². The Hall–Kier alpha value is -0.0600. The van der Waals surface area contributed by atoms with E-state index in [4.69, 9.17) is 21.4 Å². The molecule has 4 nitrogen and oxygen atoms in total. The van der Waals surface area contributed by atoms with Gasteiger partial charge in [-0.25, -0.2) is 4.57 Å². The third-order valence-corrected chi connectivity index (χ3v) is 2.33. The fourth-order valence-electron chi connectivity index (χ4n) is 0.677. The van der Waals surface area contributed by atoms with Crippen molar-refractivity contribution in [1.82, 2.24) is 0 Å². The van der Waals surface area contributed by atoms with E-state index in [1.807, 2.05) is 0 Å². The average Bonchev–Trinajstić information content (AvgIpc) is 1.93. The van der Waals surface area contributed by atoms with Crippen LogP contribution in [0.15, 0.2) is 22.7 Å². The van der Waals surface area contributed by atoms with Crippen molar-refractivity contribution in [3.05, 3.63) is 27.7 Å². The van der Waals surface area contributed by atoms with Gasteiger partial charge in [0.25, 0.3) is 0 Å². The summed E-state index contributed by atoms with van der Waals surface area (Å²) in [7, 11) is -4.53. The molecule has 0 saturated heterocycles. The van der Waals surface area contributed by atoms with E-state index >= 15 is 0 Å². The molecule has 0 aromatic heterocycles. The highest BCUT2D eigenvalue weighted by molar-refractivity contribution is 9.10. The third-order valence-electron chi connectivity index (χ3n) is 1.11. The molecule has 0 aliphatic rings. The molecule has 13 heavy (non-hydrogen) atoms. The topological polar surface area (TPSA) is 66.8 Å². The SMILES string of the molecule is O=P(O)(O)Oc1ccc(Br)cc1Cl. The molecule has 0 atom stereocenters. The van der Waals surface area contributed by atoms with Gasteiger partial charge in [0.1, 0.15) is 5.75 Å². The molecule has 0 aliphatic carbocycles. The van der Waals surface area contributed by atoms with Gasteiger partial charge in [0.15, 0.2) is 0 Å². The minimum atomic E-state index is -4.53. The molecule has 0 unspecified atom stereocenters. The molecule has 0 heterocycles. The molecule has 1 aromatic rings. The van der Waals surface area contributed by atoms with Crippen LogP contribution in [0.3, 0.4) is 0 Å². The second kappa shape index (κ2) is 3.98. The van der Waals surface area contributed by atoms with Crippen molar-refractivity contribution in [2.45, 2.75) is 0 Å². The van der Waals surface area contributed by atoms with Gasteiger partial charge in [0.2, 0.25) is 0 Å². The maximum absolute atomic E-state index is 10.4. The van der Waals surface area contributed by atoms with Crippen molar-refractivity contribution in [2.24, 2.45) is 0 Å². The highest BCUT2D eigenvalue weighted by Gasteiger charge is 2.17. The van der Waals surface area contributed by atoms with Gasteiger partial charge in [-0.1, -0.05) is 27.5 Å². The summed E-state index contributed by atoms with van der Waals surface area (Å²) in [5.41, 5.74) is 0. The number of hydrogen-bond acceptors (Lipinski definition) is 2. The summed E-state index contributed by atoms with van der Waals surface area (Å²) in [6.45, 7) is 0. The Kier molecular flexibility index (Phi) is 3.38. The quantitative estimate of drug-likeness (QED) is 0.820. The molecule has 0 aliphatic heterocycles. The van der Waals surface area contributed by atoms with Crippen LogP contribution in [-0.4, -0.2) is 9.79 Å². The van der Waals surface area contributed by atoms with Crippen LogP contribution in [0.25, 0.3) is 0 Å². The van der Waals surface area contributed by atoms with Crippen LogP contribution in [0.1, 0.15) is 0 Å². The predicted octanol–water partition coefficient (Wildman–Crippen LogP) is 2.57. The summed E-state index contributed by atoms with van der Waals surface area (Å²) in [6.07, 6.45) is 0. The van der Waals surface area contributed by atoms with E-state index in [0.717, 1.165) is 0 Å². The van der Waals surface area contributed by atoms with Gasteiger partial charge in [-0.05, 0) is 18.2 Å². The Bertz CT molecular complexity index is 364. The number of rotatable bonds is 2. The van der Waals surface area contributed by atoms with E-state index in [1.165, 1.54) is 12.1 Å². The Balaban J connectivity index is 2.97. The third kappa shape index (κ3) is 3.67. The van der Waals surface area contributed by atoms with Crippen molar-refractivity contribution in [1.29, 1.82) is 0 Å². The molecule has 0 radical (unpaired) electrons. The van der Waals surface area contributed by atoms with Gasteiger partial charge in [0, 0.05) is 4.47 Å². The lowest BCUT2D eigenvalue weighted by atomic mass is 10.3. The minimum absolute atomic E-state index is 0.0433. The van der Waals surface area contributed by atoms with E-state index in [9.17, 15) is 4.57 Å². The first kappa shape index (κ1) is 11.0. The van der Waals surface area contributed by atoms with Crippen molar-refractivity contribution in [3.63, 3.8) is 0 Å². The highest BCUT2D eigenvalue weighted by atomic mass is 79.9. The fourth-order valence-corrected chi connectivity index (χ4v) is 1.86. The Labute approximate surface area is 87.9 Å². The molecule has 1 rings (SSSR count). The van der Waals surface area contributed by atoms with Crippen LogP contribution >= 0.6 is 35.4 Å². The number of phosphoric ester groups is 1. The standard InChI is InChI=1S/C6H5BrClO4P/c7-4-1-2-6(5(8)3-4)12-13(9,10)11/h1-3H,(H2,9,10,11). The zero-order chi connectivity index (χ0) is 10.1. The van der Waals surface area contributed by atoms with Crippen LogP contribution < -0.4 is 4.52 Å². The van der Waals surface area contributed by atoms with E-state index in [0.29, 0.717) is 4.47 Å².